The Bertz CT molecular complexity index is 740. The molecule has 9 heteroatoms. The molecule has 0 bridgehead atoms. The van der Waals surface area contributed by atoms with Gasteiger partial charge in [0, 0.05) is 25.7 Å². The van der Waals surface area contributed by atoms with Crippen LogP contribution in [-0.2, 0) is 4.74 Å². The Morgan fingerprint density at radius 1 is 1.35 bits per heavy atom. The van der Waals surface area contributed by atoms with Crippen LogP contribution >= 0.6 is 11.6 Å². The van der Waals surface area contributed by atoms with E-state index in [0.29, 0.717) is 29.0 Å². The average molecular weight is 380 g/mol. The summed E-state index contributed by atoms with van der Waals surface area (Å²) >= 11 is 5.85. The van der Waals surface area contributed by atoms with E-state index in [9.17, 15) is 0 Å². The number of hydrogen-bond donors (Lipinski definition) is 2. The first-order valence-electron chi connectivity index (χ1n) is 8.31. The monoisotopic (exact) mass is 379 g/mol. The fourth-order valence-corrected chi connectivity index (χ4v) is 2.64. The van der Waals surface area contributed by atoms with Gasteiger partial charge in [0.2, 0.25) is 5.95 Å². The van der Waals surface area contributed by atoms with Gasteiger partial charge < -0.3 is 25.3 Å². The normalized spacial score (nSPS) is 14.8. The molecule has 140 valence electrons. The number of nitrogen functional groups attached to an aromatic ring is 1. The first-order chi connectivity index (χ1) is 12.7. The van der Waals surface area contributed by atoms with Crippen LogP contribution in [0, 0.1) is 0 Å². The van der Waals surface area contributed by atoms with E-state index in [-0.39, 0.29) is 5.82 Å². The molecule has 0 spiro atoms. The number of halogens is 1. The lowest BCUT2D eigenvalue weighted by molar-refractivity contribution is 0.0322. The molecule has 0 amide bonds. The van der Waals surface area contributed by atoms with Crippen LogP contribution in [0.3, 0.4) is 0 Å². The molecule has 0 atom stereocenters. The van der Waals surface area contributed by atoms with Crippen molar-refractivity contribution in [2.75, 3.05) is 57.6 Å². The van der Waals surface area contributed by atoms with Crippen molar-refractivity contribution in [1.82, 2.24) is 14.9 Å². The molecule has 8 nitrogen and oxygen atoms in total. The van der Waals surface area contributed by atoms with Crippen LogP contribution in [0.4, 0.5) is 17.5 Å². The van der Waals surface area contributed by atoms with Gasteiger partial charge in [0.15, 0.2) is 0 Å². The zero-order valence-electron chi connectivity index (χ0n) is 14.6. The molecule has 3 N–H and O–H groups in total. The number of benzene rings is 1. The Morgan fingerprint density at radius 2 is 2.15 bits per heavy atom. The Morgan fingerprint density at radius 3 is 2.88 bits per heavy atom. The van der Waals surface area contributed by atoms with E-state index in [1.54, 1.807) is 7.11 Å². The molecule has 1 saturated heterocycles. The Kier molecular flexibility index (Phi) is 6.32. The first kappa shape index (κ1) is 18.5. The molecule has 1 fully saturated rings. The predicted molar refractivity (Wildman–Crippen MR) is 100 cm³/mol. The van der Waals surface area contributed by atoms with Gasteiger partial charge in [0.25, 0.3) is 0 Å². The summed E-state index contributed by atoms with van der Waals surface area (Å²) in [6, 6.07) is 5.53. The Labute approximate surface area is 157 Å². The molecule has 2 aromatic rings. The number of ether oxygens (including phenoxy) is 3. The van der Waals surface area contributed by atoms with Crippen molar-refractivity contribution in [2.24, 2.45) is 0 Å². The maximum Gasteiger partial charge on any atom is 0.229 e. The Balaban J connectivity index is 1.64. The van der Waals surface area contributed by atoms with Crippen LogP contribution in [0.25, 0.3) is 0 Å². The third-order valence-electron chi connectivity index (χ3n) is 3.97. The van der Waals surface area contributed by atoms with Crippen molar-refractivity contribution in [3.63, 3.8) is 0 Å². The van der Waals surface area contributed by atoms with E-state index in [0.717, 1.165) is 38.6 Å². The summed E-state index contributed by atoms with van der Waals surface area (Å²) in [7, 11) is 1.59. The average Bonchev–Trinajstić information content (AvgIpc) is 2.66. The van der Waals surface area contributed by atoms with Crippen LogP contribution in [0.15, 0.2) is 24.4 Å². The van der Waals surface area contributed by atoms with Gasteiger partial charge >= 0.3 is 0 Å². The summed E-state index contributed by atoms with van der Waals surface area (Å²) in [6.45, 7) is 4.88. The molecule has 1 aliphatic heterocycles. The molecule has 2 heterocycles. The second-order valence-corrected chi connectivity index (χ2v) is 6.12. The molecule has 3 rings (SSSR count). The van der Waals surface area contributed by atoms with Crippen molar-refractivity contribution in [3.8, 4) is 11.5 Å². The van der Waals surface area contributed by atoms with E-state index in [1.807, 2.05) is 18.2 Å². The SMILES string of the molecule is COc1ccc(OCCN2CCOCC2)cc1Nc1ncc(Cl)c(N)n1. The molecule has 0 aliphatic carbocycles. The largest absolute Gasteiger partial charge is 0.495 e. The lowest BCUT2D eigenvalue weighted by Crippen LogP contribution is -2.38. The summed E-state index contributed by atoms with van der Waals surface area (Å²) in [5.41, 5.74) is 6.40. The predicted octanol–water partition coefficient (Wildman–Crippen LogP) is 2.18. The topological polar surface area (TPSA) is 94.8 Å². The highest BCUT2D eigenvalue weighted by Crippen LogP contribution is 2.31. The zero-order valence-corrected chi connectivity index (χ0v) is 15.3. The van der Waals surface area contributed by atoms with Crippen molar-refractivity contribution in [1.29, 1.82) is 0 Å². The quantitative estimate of drug-likeness (QED) is 0.755. The number of nitrogens with one attached hydrogen (secondary N) is 1. The number of nitrogens with zero attached hydrogens (tertiary/aromatic N) is 3. The summed E-state index contributed by atoms with van der Waals surface area (Å²) < 4.78 is 16.6. The molecular weight excluding hydrogens is 358 g/mol. The van der Waals surface area contributed by atoms with Crippen LogP contribution < -0.4 is 20.5 Å². The molecule has 0 unspecified atom stereocenters. The highest BCUT2D eigenvalue weighted by atomic mass is 35.5. The number of morpholine rings is 1. The number of methoxy groups -OCH3 is 1. The maximum absolute atomic E-state index is 5.86. The van der Waals surface area contributed by atoms with E-state index >= 15 is 0 Å². The smallest absolute Gasteiger partial charge is 0.229 e. The first-order valence-corrected chi connectivity index (χ1v) is 8.69. The van der Waals surface area contributed by atoms with E-state index in [2.05, 4.69) is 20.2 Å². The third kappa shape index (κ3) is 4.87. The zero-order chi connectivity index (χ0) is 18.4. The summed E-state index contributed by atoms with van der Waals surface area (Å²) in [6.07, 6.45) is 1.45. The minimum atomic E-state index is 0.209. The highest BCUT2D eigenvalue weighted by Gasteiger charge is 2.11. The minimum Gasteiger partial charge on any atom is -0.495 e. The van der Waals surface area contributed by atoms with Gasteiger partial charge in [-0.05, 0) is 12.1 Å². The van der Waals surface area contributed by atoms with Gasteiger partial charge in [-0.3, -0.25) is 4.90 Å². The van der Waals surface area contributed by atoms with Crippen LogP contribution in [0.1, 0.15) is 0 Å². The number of hydrogen-bond acceptors (Lipinski definition) is 8. The molecule has 0 radical (unpaired) electrons. The van der Waals surface area contributed by atoms with Gasteiger partial charge in [0.1, 0.15) is 28.9 Å². The van der Waals surface area contributed by atoms with Crippen LogP contribution in [-0.4, -0.2) is 61.4 Å². The lowest BCUT2D eigenvalue weighted by atomic mass is 10.2. The number of aromatic nitrogens is 2. The second kappa shape index (κ2) is 8.88. The minimum absolute atomic E-state index is 0.209. The third-order valence-corrected chi connectivity index (χ3v) is 4.26. The molecular formula is C17H22ClN5O3. The van der Waals surface area contributed by atoms with E-state index < -0.39 is 0 Å². The lowest BCUT2D eigenvalue weighted by Gasteiger charge is -2.26. The molecule has 0 saturated carbocycles. The summed E-state index contributed by atoms with van der Waals surface area (Å²) in [5, 5.41) is 3.39. The Hall–Kier alpha value is -2.29. The summed E-state index contributed by atoms with van der Waals surface area (Å²) in [4.78, 5) is 10.5. The van der Waals surface area contributed by atoms with Crippen molar-refractivity contribution < 1.29 is 14.2 Å². The van der Waals surface area contributed by atoms with E-state index in [1.165, 1.54) is 6.20 Å². The van der Waals surface area contributed by atoms with Crippen molar-refractivity contribution in [2.45, 2.75) is 0 Å². The van der Waals surface area contributed by atoms with Gasteiger partial charge in [-0.2, -0.15) is 4.98 Å². The number of rotatable bonds is 7. The van der Waals surface area contributed by atoms with Gasteiger partial charge in [-0.15, -0.1) is 0 Å². The van der Waals surface area contributed by atoms with Crippen molar-refractivity contribution >= 4 is 29.1 Å². The van der Waals surface area contributed by atoms with Gasteiger partial charge in [0.05, 0.1) is 32.2 Å². The fourth-order valence-electron chi connectivity index (χ4n) is 2.55. The number of anilines is 3. The van der Waals surface area contributed by atoms with E-state index in [4.69, 9.17) is 31.5 Å². The molecule has 1 aromatic carbocycles. The van der Waals surface area contributed by atoms with Crippen molar-refractivity contribution in [3.05, 3.63) is 29.4 Å². The second-order valence-electron chi connectivity index (χ2n) is 5.72. The summed E-state index contributed by atoms with van der Waals surface area (Å²) in [5.74, 6) is 1.91. The number of nitrogens with two attached hydrogens (primary N) is 1. The highest BCUT2D eigenvalue weighted by molar-refractivity contribution is 6.32. The molecule has 26 heavy (non-hydrogen) atoms. The van der Waals surface area contributed by atoms with Crippen LogP contribution in [0.5, 0.6) is 11.5 Å². The molecule has 1 aromatic heterocycles. The van der Waals surface area contributed by atoms with Gasteiger partial charge in [-0.25, -0.2) is 4.98 Å². The maximum atomic E-state index is 5.86. The molecule has 1 aliphatic rings. The van der Waals surface area contributed by atoms with Gasteiger partial charge in [-0.1, -0.05) is 11.6 Å². The standard InChI is InChI=1S/C17H22ClN5O3/c1-24-15-3-2-12(26-9-6-23-4-7-25-8-5-23)10-14(15)21-17-20-11-13(18)16(19)22-17/h2-3,10-11H,4-9H2,1H3,(H3,19,20,21,22). The van der Waals surface area contributed by atoms with Crippen LogP contribution in [0.2, 0.25) is 5.02 Å². The fraction of sp³-hybridized carbons (Fsp3) is 0.412.